The summed E-state index contributed by atoms with van der Waals surface area (Å²) in [5.74, 6) is 0.779. The molecule has 1 saturated carbocycles. The highest BCUT2D eigenvalue weighted by Crippen LogP contribution is 2.32. The zero-order valence-electron chi connectivity index (χ0n) is 14.7. The molecule has 1 heterocycles. The van der Waals surface area contributed by atoms with Crippen LogP contribution in [0.2, 0.25) is 0 Å². The molecule has 0 aromatic heterocycles. The first kappa shape index (κ1) is 17.5. The smallest absolute Gasteiger partial charge is 0.162 e. The lowest BCUT2D eigenvalue weighted by Crippen LogP contribution is -2.56. The molecule has 0 unspecified atom stereocenters. The molecule has 3 rings (SSSR count). The number of aromatic hydroxyl groups is 1. The second-order valence-electron chi connectivity index (χ2n) is 7.05. The van der Waals surface area contributed by atoms with E-state index in [9.17, 15) is 10.2 Å². The van der Waals surface area contributed by atoms with Crippen LogP contribution in [0.3, 0.4) is 0 Å². The number of nitrogens with zero attached hydrogens (tertiary/aromatic N) is 2. The third kappa shape index (κ3) is 3.85. The van der Waals surface area contributed by atoms with E-state index in [1.807, 2.05) is 12.1 Å². The maximum atomic E-state index is 10.3. The third-order valence-electron chi connectivity index (χ3n) is 5.56. The Morgan fingerprint density at radius 2 is 2.00 bits per heavy atom. The van der Waals surface area contributed by atoms with Crippen LogP contribution in [0.15, 0.2) is 18.2 Å². The monoisotopic (exact) mass is 334 g/mol. The van der Waals surface area contributed by atoms with Crippen molar-refractivity contribution in [2.75, 3.05) is 33.4 Å². The first-order chi connectivity index (χ1) is 11.7. The second-order valence-corrected chi connectivity index (χ2v) is 7.05. The Balaban J connectivity index is 1.66. The van der Waals surface area contributed by atoms with Crippen LogP contribution in [0.5, 0.6) is 11.5 Å². The third-order valence-corrected chi connectivity index (χ3v) is 5.56. The fourth-order valence-corrected chi connectivity index (χ4v) is 4.30. The van der Waals surface area contributed by atoms with Gasteiger partial charge in [-0.3, -0.25) is 9.80 Å². The number of phenols is 1. The van der Waals surface area contributed by atoms with Crippen molar-refractivity contribution in [1.29, 1.82) is 0 Å². The van der Waals surface area contributed by atoms with Crippen molar-refractivity contribution in [2.24, 2.45) is 0 Å². The van der Waals surface area contributed by atoms with Gasteiger partial charge in [0.05, 0.1) is 7.11 Å². The lowest BCUT2D eigenvalue weighted by molar-refractivity contribution is 0.0264. The van der Waals surface area contributed by atoms with Crippen LogP contribution >= 0.6 is 0 Å². The van der Waals surface area contributed by atoms with Crippen LogP contribution in [0.4, 0.5) is 0 Å². The van der Waals surface area contributed by atoms with Gasteiger partial charge in [-0.15, -0.1) is 0 Å². The summed E-state index contributed by atoms with van der Waals surface area (Å²) in [6.45, 7) is 3.98. The Kier molecular flexibility index (Phi) is 5.98. The second kappa shape index (κ2) is 8.19. The number of rotatable bonds is 6. The van der Waals surface area contributed by atoms with E-state index in [1.54, 1.807) is 13.2 Å². The average Bonchev–Trinajstić information content (AvgIpc) is 3.12. The van der Waals surface area contributed by atoms with Crippen molar-refractivity contribution in [2.45, 2.75) is 50.7 Å². The normalized spacial score (nSPS) is 23.7. The van der Waals surface area contributed by atoms with Crippen LogP contribution < -0.4 is 4.74 Å². The number of hydrogen-bond donors (Lipinski definition) is 2. The first-order valence-electron chi connectivity index (χ1n) is 9.16. The Hall–Kier alpha value is -1.30. The molecule has 1 atom stereocenters. The predicted octanol–water partition coefficient (Wildman–Crippen LogP) is 2.21. The molecule has 2 aliphatic rings. The van der Waals surface area contributed by atoms with Gasteiger partial charge in [0.1, 0.15) is 0 Å². The van der Waals surface area contributed by atoms with Crippen LogP contribution in [0, 0.1) is 0 Å². The topological polar surface area (TPSA) is 56.2 Å². The molecule has 2 N–H and O–H groups in total. The molecule has 0 amide bonds. The molecule has 0 bridgehead atoms. The molecule has 2 fully saturated rings. The van der Waals surface area contributed by atoms with Gasteiger partial charge in [-0.2, -0.15) is 0 Å². The summed E-state index contributed by atoms with van der Waals surface area (Å²) in [5, 5.41) is 19.8. The molecule has 134 valence electrons. The molecule has 1 aliphatic heterocycles. The van der Waals surface area contributed by atoms with Gasteiger partial charge in [0, 0.05) is 50.4 Å². The number of aliphatic hydroxyl groups is 1. The summed E-state index contributed by atoms with van der Waals surface area (Å²) in [6, 6.07) is 6.79. The van der Waals surface area contributed by atoms with Crippen LogP contribution in [0.25, 0.3) is 0 Å². The van der Waals surface area contributed by atoms with Crippen molar-refractivity contribution in [3.05, 3.63) is 23.8 Å². The van der Waals surface area contributed by atoms with Gasteiger partial charge in [0.25, 0.3) is 0 Å². The van der Waals surface area contributed by atoms with E-state index in [1.165, 1.54) is 25.7 Å². The van der Waals surface area contributed by atoms with Crippen LogP contribution in [0.1, 0.15) is 37.7 Å². The van der Waals surface area contributed by atoms with Gasteiger partial charge >= 0.3 is 0 Å². The van der Waals surface area contributed by atoms with Gasteiger partial charge in [-0.1, -0.05) is 25.0 Å². The molecule has 5 heteroatoms. The molecular formula is C19H30N2O3. The fraction of sp³-hybridized carbons (Fsp3) is 0.684. The number of piperazine rings is 1. The molecule has 1 aromatic rings. The molecule has 5 nitrogen and oxygen atoms in total. The Morgan fingerprint density at radius 3 is 2.71 bits per heavy atom. The van der Waals surface area contributed by atoms with Gasteiger partial charge in [-0.05, 0) is 25.3 Å². The Morgan fingerprint density at radius 1 is 1.21 bits per heavy atom. The standard InChI is InChI=1S/C19H30N2O3/c1-24-18-8-4-5-15(19(18)23)13-20-10-11-21(16-6-2-3-7-16)17(14-20)9-12-22/h4-5,8,16-17,22-23H,2-3,6-7,9-14H2,1H3/t17-/m0/s1. The number of benzene rings is 1. The molecule has 1 aliphatic carbocycles. The number of aliphatic hydroxyl groups excluding tert-OH is 1. The number of hydrogen-bond acceptors (Lipinski definition) is 5. The van der Waals surface area contributed by atoms with Gasteiger partial charge in [0.15, 0.2) is 11.5 Å². The summed E-state index contributed by atoms with van der Waals surface area (Å²) < 4.78 is 5.21. The zero-order valence-corrected chi connectivity index (χ0v) is 14.7. The number of para-hydroxylation sites is 1. The minimum absolute atomic E-state index is 0.242. The Bertz CT molecular complexity index is 531. The highest BCUT2D eigenvalue weighted by Gasteiger charge is 2.33. The van der Waals surface area contributed by atoms with E-state index < -0.39 is 0 Å². The average molecular weight is 334 g/mol. The van der Waals surface area contributed by atoms with Gasteiger partial charge in [-0.25, -0.2) is 0 Å². The molecule has 0 radical (unpaired) electrons. The summed E-state index contributed by atoms with van der Waals surface area (Å²) >= 11 is 0. The quantitative estimate of drug-likeness (QED) is 0.835. The van der Waals surface area contributed by atoms with Crippen molar-refractivity contribution in [1.82, 2.24) is 9.80 Å². The van der Waals surface area contributed by atoms with E-state index in [2.05, 4.69) is 9.80 Å². The van der Waals surface area contributed by atoms with E-state index in [0.29, 0.717) is 17.8 Å². The lowest BCUT2D eigenvalue weighted by Gasteiger charge is -2.44. The van der Waals surface area contributed by atoms with Crippen LogP contribution in [-0.2, 0) is 6.54 Å². The fourth-order valence-electron chi connectivity index (χ4n) is 4.30. The van der Waals surface area contributed by atoms with Crippen molar-refractivity contribution in [3.8, 4) is 11.5 Å². The van der Waals surface area contributed by atoms with E-state index in [-0.39, 0.29) is 12.4 Å². The van der Waals surface area contributed by atoms with E-state index >= 15 is 0 Å². The van der Waals surface area contributed by atoms with Crippen molar-refractivity contribution >= 4 is 0 Å². The van der Waals surface area contributed by atoms with Gasteiger partial charge < -0.3 is 14.9 Å². The van der Waals surface area contributed by atoms with Crippen LogP contribution in [-0.4, -0.2) is 65.4 Å². The number of ether oxygens (including phenoxy) is 1. The van der Waals surface area contributed by atoms with E-state index in [4.69, 9.17) is 4.74 Å². The molecular weight excluding hydrogens is 304 g/mol. The van der Waals surface area contributed by atoms with Gasteiger partial charge in [0.2, 0.25) is 0 Å². The molecule has 24 heavy (non-hydrogen) atoms. The lowest BCUT2D eigenvalue weighted by atomic mass is 10.0. The number of phenolic OH excluding ortho intramolecular Hbond substituents is 1. The van der Waals surface area contributed by atoms with E-state index in [0.717, 1.165) is 38.2 Å². The zero-order chi connectivity index (χ0) is 16.9. The summed E-state index contributed by atoms with van der Waals surface area (Å²) in [7, 11) is 1.58. The van der Waals surface area contributed by atoms with Crippen molar-refractivity contribution in [3.63, 3.8) is 0 Å². The molecule has 0 spiro atoms. The minimum atomic E-state index is 0.242. The number of methoxy groups -OCH3 is 1. The molecule has 1 saturated heterocycles. The largest absolute Gasteiger partial charge is 0.504 e. The maximum absolute atomic E-state index is 10.3. The highest BCUT2D eigenvalue weighted by molar-refractivity contribution is 5.45. The van der Waals surface area contributed by atoms with Crippen molar-refractivity contribution < 1.29 is 14.9 Å². The predicted molar refractivity (Wildman–Crippen MR) is 94.4 cm³/mol. The maximum Gasteiger partial charge on any atom is 0.162 e. The minimum Gasteiger partial charge on any atom is -0.504 e. The highest BCUT2D eigenvalue weighted by atomic mass is 16.5. The summed E-state index contributed by atoms with van der Waals surface area (Å²) in [5.41, 5.74) is 0.909. The summed E-state index contributed by atoms with van der Waals surface area (Å²) in [6.07, 6.45) is 6.12. The first-order valence-corrected chi connectivity index (χ1v) is 9.16. The summed E-state index contributed by atoms with van der Waals surface area (Å²) in [4.78, 5) is 5.02. The SMILES string of the molecule is COc1cccc(CN2CCN(C3CCCC3)[C@@H](CCO)C2)c1O. The molecule has 1 aromatic carbocycles. The Labute approximate surface area is 144 Å².